The van der Waals surface area contributed by atoms with E-state index in [-0.39, 0.29) is 5.88 Å². The smallest absolute Gasteiger partial charge is 0.325 e. The van der Waals surface area contributed by atoms with Crippen LogP contribution in [0.15, 0.2) is 42.5 Å². The van der Waals surface area contributed by atoms with Gasteiger partial charge < -0.3 is 15.2 Å². The second-order valence-corrected chi connectivity index (χ2v) is 5.59. The highest BCUT2D eigenvalue weighted by Gasteiger charge is 2.13. The lowest BCUT2D eigenvalue weighted by atomic mass is 10.1. The Morgan fingerprint density at radius 3 is 2.35 bits per heavy atom. The third-order valence-electron chi connectivity index (χ3n) is 3.08. The number of anilines is 1. The molecule has 0 fully saturated rings. The Morgan fingerprint density at radius 1 is 1.22 bits per heavy atom. The van der Waals surface area contributed by atoms with Crippen molar-refractivity contribution in [1.29, 1.82) is 0 Å². The number of nitrogens with two attached hydrogens (primary N) is 1. The fourth-order valence-corrected chi connectivity index (χ4v) is 1.99. The van der Waals surface area contributed by atoms with E-state index in [1.54, 1.807) is 6.92 Å². The standard InChI is InChI=1S/C12H9NO.C5H8Cl2O2/c13-9-2-4-10(5-3-9)14-12-7-8-1-6-11(8)12;1-2-9-5(8)4(7)3-6/h1-7H,13H2;4H,2-3H2,1H3. The maximum Gasteiger partial charge on any atom is 0.325 e. The van der Waals surface area contributed by atoms with E-state index in [2.05, 4.69) is 16.9 Å². The van der Waals surface area contributed by atoms with Crippen LogP contribution in [0.25, 0.3) is 0 Å². The number of carbonyl (C=O) groups excluding carboxylic acids is 1. The maximum absolute atomic E-state index is 10.5. The molecule has 2 aliphatic carbocycles. The molecule has 3 rings (SSSR count). The molecule has 122 valence electrons. The molecule has 4 nitrogen and oxygen atoms in total. The van der Waals surface area contributed by atoms with Crippen molar-refractivity contribution in [2.75, 3.05) is 18.2 Å². The molecule has 0 aromatic heterocycles. The monoisotopic (exact) mass is 353 g/mol. The Morgan fingerprint density at radius 2 is 1.91 bits per heavy atom. The summed E-state index contributed by atoms with van der Waals surface area (Å²) in [7, 11) is 0. The molecular formula is C17H17Cl2NO3. The van der Waals surface area contributed by atoms with Crippen LogP contribution in [0.4, 0.5) is 5.69 Å². The van der Waals surface area contributed by atoms with Crippen LogP contribution in [-0.2, 0) is 9.53 Å². The van der Waals surface area contributed by atoms with Gasteiger partial charge in [0, 0.05) is 16.8 Å². The molecule has 0 saturated carbocycles. The fourth-order valence-electron chi connectivity index (χ4n) is 1.80. The molecule has 1 atom stereocenters. The van der Waals surface area contributed by atoms with Crippen LogP contribution in [0, 0.1) is 10.4 Å². The number of carbonyl (C=O) groups is 1. The van der Waals surface area contributed by atoms with E-state index >= 15 is 0 Å². The van der Waals surface area contributed by atoms with Gasteiger partial charge in [-0.1, -0.05) is 12.1 Å². The van der Waals surface area contributed by atoms with Gasteiger partial charge in [-0.25, -0.2) is 0 Å². The van der Waals surface area contributed by atoms with Crippen molar-refractivity contribution in [1.82, 2.24) is 0 Å². The Kier molecular flexibility index (Phi) is 6.13. The minimum Gasteiger partial charge on any atom is -0.465 e. The highest BCUT2D eigenvalue weighted by atomic mass is 35.5. The van der Waals surface area contributed by atoms with Gasteiger partial charge in [-0.3, -0.25) is 4.79 Å². The zero-order valence-corrected chi connectivity index (χ0v) is 14.1. The summed E-state index contributed by atoms with van der Waals surface area (Å²) in [5.41, 5.74) is 6.33. The maximum atomic E-state index is 10.5. The summed E-state index contributed by atoms with van der Waals surface area (Å²) in [6.45, 7) is 2.06. The first-order valence-electron chi connectivity index (χ1n) is 7.09. The summed E-state index contributed by atoms with van der Waals surface area (Å²) >= 11 is 10.6. The predicted octanol–water partition coefficient (Wildman–Crippen LogP) is 4.06. The number of esters is 1. The normalized spacial score (nSPS) is 11.8. The molecule has 2 aliphatic rings. The molecule has 1 aromatic carbocycles. The van der Waals surface area contributed by atoms with Crippen LogP contribution in [-0.4, -0.2) is 23.8 Å². The first-order valence-corrected chi connectivity index (χ1v) is 8.06. The van der Waals surface area contributed by atoms with Gasteiger partial charge in [-0.15, -0.1) is 23.2 Å². The molecule has 1 unspecified atom stereocenters. The third kappa shape index (κ3) is 4.53. The minimum atomic E-state index is -0.702. The van der Waals surface area contributed by atoms with Crippen LogP contribution in [0.1, 0.15) is 6.92 Å². The Bertz CT molecular complexity index is 762. The molecule has 0 amide bonds. The van der Waals surface area contributed by atoms with Crippen LogP contribution in [0.5, 0.6) is 11.5 Å². The van der Waals surface area contributed by atoms with E-state index in [4.69, 9.17) is 33.7 Å². The van der Waals surface area contributed by atoms with Crippen molar-refractivity contribution in [2.45, 2.75) is 12.3 Å². The van der Waals surface area contributed by atoms with E-state index in [1.807, 2.05) is 30.3 Å². The van der Waals surface area contributed by atoms with Crippen molar-refractivity contribution in [3.63, 3.8) is 0 Å². The lowest BCUT2D eigenvalue weighted by Crippen LogP contribution is -2.18. The highest BCUT2D eigenvalue weighted by molar-refractivity contribution is 6.35. The van der Waals surface area contributed by atoms with Crippen molar-refractivity contribution >= 4 is 34.9 Å². The van der Waals surface area contributed by atoms with Gasteiger partial charge in [0.15, 0.2) is 0 Å². The van der Waals surface area contributed by atoms with Gasteiger partial charge in [-0.2, -0.15) is 0 Å². The number of nitrogen functional groups attached to an aromatic ring is 1. The minimum absolute atomic E-state index is 0.0976. The SMILES string of the molecule is CCOC(=O)C(Cl)CCl.Nc1ccc(Oc2cc3ccc2=3)cc1. The van der Waals surface area contributed by atoms with E-state index < -0.39 is 11.3 Å². The van der Waals surface area contributed by atoms with Crippen molar-refractivity contribution in [3.05, 3.63) is 52.9 Å². The molecule has 2 N–H and O–H groups in total. The molecule has 0 heterocycles. The molecule has 0 spiro atoms. The van der Waals surface area contributed by atoms with Gasteiger partial charge in [-0.05, 0) is 42.5 Å². The van der Waals surface area contributed by atoms with Crippen LogP contribution >= 0.6 is 23.2 Å². The quantitative estimate of drug-likeness (QED) is 0.426. The number of rotatable bonds is 5. The molecule has 0 aliphatic heterocycles. The van der Waals surface area contributed by atoms with Crippen molar-refractivity contribution in [2.24, 2.45) is 0 Å². The predicted molar refractivity (Wildman–Crippen MR) is 92.0 cm³/mol. The fraction of sp³-hybridized carbons (Fsp3) is 0.235. The van der Waals surface area contributed by atoms with Crippen LogP contribution in [0.2, 0.25) is 0 Å². The van der Waals surface area contributed by atoms with Crippen LogP contribution in [0.3, 0.4) is 0 Å². The molecule has 0 saturated heterocycles. The number of ether oxygens (including phenoxy) is 2. The Balaban J connectivity index is 0.000000188. The third-order valence-corrected chi connectivity index (χ3v) is 3.88. The summed E-state index contributed by atoms with van der Waals surface area (Å²) in [5.74, 6) is 1.43. The Labute approximate surface area is 144 Å². The van der Waals surface area contributed by atoms with Crippen molar-refractivity contribution in [3.8, 4) is 11.5 Å². The zero-order valence-electron chi connectivity index (χ0n) is 12.6. The van der Waals surface area contributed by atoms with Crippen LogP contribution < -0.4 is 10.5 Å². The summed E-state index contributed by atoms with van der Waals surface area (Å²) in [6, 6.07) is 13.6. The van der Waals surface area contributed by atoms with Gasteiger partial charge in [0.25, 0.3) is 0 Å². The van der Waals surface area contributed by atoms with Gasteiger partial charge >= 0.3 is 5.97 Å². The average Bonchev–Trinajstić information content (AvgIpc) is 2.53. The number of hydrogen-bond acceptors (Lipinski definition) is 4. The summed E-state index contributed by atoms with van der Waals surface area (Å²) in [4.78, 5) is 10.5. The number of hydrogen-bond donors (Lipinski definition) is 1. The Hall–Kier alpha value is -1.91. The first kappa shape index (κ1) is 17.4. The molecule has 0 bridgehead atoms. The molecule has 23 heavy (non-hydrogen) atoms. The number of benzene rings is 2. The summed E-state index contributed by atoms with van der Waals surface area (Å²) < 4.78 is 10.2. The number of halogens is 2. The second-order valence-electron chi connectivity index (χ2n) is 4.76. The molecule has 6 heteroatoms. The van der Waals surface area contributed by atoms with Gasteiger partial charge in [0.2, 0.25) is 0 Å². The zero-order chi connectivity index (χ0) is 16.8. The highest BCUT2D eigenvalue weighted by Crippen LogP contribution is 2.29. The first-order chi connectivity index (χ1) is 11.0. The largest absolute Gasteiger partial charge is 0.465 e. The van der Waals surface area contributed by atoms with Gasteiger partial charge in [0.1, 0.15) is 16.9 Å². The molecule has 0 radical (unpaired) electrons. The average molecular weight is 354 g/mol. The summed E-state index contributed by atoms with van der Waals surface area (Å²) in [6.07, 6.45) is 0. The van der Waals surface area contributed by atoms with E-state index in [1.165, 1.54) is 10.4 Å². The summed E-state index contributed by atoms with van der Waals surface area (Å²) in [5, 5.41) is 1.81. The molecular weight excluding hydrogens is 337 g/mol. The lowest BCUT2D eigenvalue weighted by molar-refractivity contribution is -0.142. The topological polar surface area (TPSA) is 61.5 Å². The van der Waals surface area contributed by atoms with E-state index in [9.17, 15) is 4.79 Å². The van der Waals surface area contributed by atoms with E-state index in [0.29, 0.717) is 6.61 Å². The van der Waals surface area contributed by atoms with Crippen molar-refractivity contribution < 1.29 is 14.3 Å². The molecule has 1 aromatic rings. The lowest BCUT2D eigenvalue weighted by Gasteiger charge is -2.12. The van der Waals surface area contributed by atoms with Gasteiger partial charge in [0.05, 0.1) is 6.61 Å². The number of alkyl halides is 2. The second kappa shape index (κ2) is 8.09. The van der Waals surface area contributed by atoms with E-state index in [0.717, 1.165) is 17.2 Å².